The van der Waals surface area contributed by atoms with Crippen LogP contribution in [0.4, 0.5) is 17.6 Å². The van der Waals surface area contributed by atoms with E-state index in [1.54, 1.807) is 0 Å². The van der Waals surface area contributed by atoms with Crippen molar-refractivity contribution in [1.82, 2.24) is 0 Å². The predicted molar refractivity (Wildman–Crippen MR) is 38.0 cm³/mol. The average molecular weight is 215 g/mol. The number of ketones is 1. The zero-order chi connectivity index (χ0) is 10.2. The van der Waals surface area contributed by atoms with Gasteiger partial charge in [-0.1, -0.05) is 0 Å². The molecule has 0 aromatic carbocycles. The smallest absolute Gasteiger partial charge is 0.292 e. The van der Waals surface area contributed by atoms with Crippen molar-refractivity contribution >= 4 is 17.4 Å². The summed E-state index contributed by atoms with van der Waals surface area (Å²) >= 11 is 5.08. The number of allylic oxidation sites excluding steroid dienone is 4. The van der Waals surface area contributed by atoms with Gasteiger partial charge in [-0.2, -0.15) is 13.2 Å². The standard InChI is InChI=1S/C7H3ClF4O/c8-5-4(9)2-1-3(6(5)13)7(10,11)12/h1-2,5H/t5-/m0/s1. The molecule has 0 amide bonds. The second kappa shape index (κ2) is 3.14. The Balaban J connectivity index is 3.08. The molecule has 72 valence electrons. The van der Waals surface area contributed by atoms with Crippen LogP contribution in [-0.2, 0) is 4.79 Å². The summed E-state index contributed by atoms with van der Waals surface area (Å²) in [6.45, 7) is 0. The van der Waals surface area contributed by atoms with E-state index < -0.39 is 28.7 Å². The van der Waals surface area contributed by atoms with Gasteiger partial charge in [0.15, 0.2) is 5.78 Å². The summed E-state index contributed by atoms with van der Waals surface area (Å²) in [5, 5.41) is -1.85. The molecule has 1 rings (SSSR count). The first-order valence-electron chi connectivity index (χ1n) is 3.17. The van der Waals surface area contributed by atoms with Crippen LogP contribution >= 0.6 is 11.6 Å². The first-order valence-corrected chi connectivity index (χ1v) is 3.60. The van der Waals surface area contributed by atoms with Gasteiger partial charge in [0.25, 0.3) is 0 Å². The number of hydrogen-bond acceptors (Lipinski definition) is 1. The van der Waals surface area contributed by atoms with Crippen LogP contribution in [0.1, 0.15) is 0 Å². The number of alkyl halides is 4. The fourth-order valence-electron chi connectivity index (χ4n) is 0.826. The van der Waals surface area contributed by atoms with Gasteiger partial charge in [0.05, 0.1) is 0 Å². The monoisotopic (exact) mass is 214 g/mol. The quantitative estimate of drug-likeness (QED) is 0.447. The molecule has 0 heterocycles. The first-order chi connectivity index (χ1) is 5.84. The van der Waals surface area contributed by atoms with Crippen LogP contribution in [0.5, 0.6) is 0 Å². The van der Waals surface area contributed by atoms with E-state index in [0.29, 0.717) is 12.2 Å². The lowest BCUT2D eigenvalue weighted by molar-refractivity contribution is -0.128. The van der Waals surface area contributed by atoms with Crippen LogP contribution in [0.15, 0.2) is 23.6 Å². The van der Waals surface area contributed by atoms with Crippen molar-refractivity contribution in [2.75, 3.05) is 0 Å². The minimum Gasteiger partial charge on any atom is -0.292 e. The summed E-state index contributed by atoms with van der Waals surface area (Å²) in [6, 6.07) is 0. The molecule has 0 bridgehead atoms. The highest BCUT2D eigenvalue weighted by Crippen LogP contribution is 2.32. The molecular formula is C7H3ClF4O. The van der Waals surface area contributed by atoms with Crippen LogP contribution in [0, 0.1) is 0 Å². The number of carbonyl (C=O) groups is 1. The summed E-state index contributed by atoms with van der Waals surface area (Å²) in [5.74, 6) is -2.52. The van der Waals surface area contributed by atoms with Crippen LogP contribution in [0.25, 0.3) is 0 Å². The third kappa shape index (κ3) is 1.91. The molecule has 0 saturated carbocycles. The Labute approximate surface area is 75.7 Å². The van der Waals surface area contributed by atoms with Crippen LogP contribution < -0.4 is 0 Å². The van der Waals surface area contributed by atoms with Crippen molar-refractivity contribution in [2.24, 2.45) is 0 Å². The summed E-state index contributed by atoms with van der Waals surface area (Å²) in [7, 11) is 0. The summed E-state index contributed by atoms with van der Waals surface area (Å²) in [5.41, 5.74) is -1.42. The molecule has 0 aliphatic heterocycles. The molecule has 6 heteroatoms. The van der Waals surface area contributed by atoms with Gasteiger partial charge in [-0.15, -0.1) is 11.6 Å². The number of halogens is 5. The number of carbonyl (C=O) groups excluding carboxylic acids is 1. The van der Waals surface area contributed by atoms with Crippen LogP contribution in [-0.4, -0.2) is 17.3 Å². The van der Waals surface area contributed by atoms with Gasteiger partial charge >= 0.3 is 6.18 Å². The minimum absolute atomic E-state index is 0.385. The molecular weight excluding hydrogens is 212 g/mol. The summed E-state index contributed by atoms with van der Waals surface area (Å²) in [4.78, 5) is 10.8. The molecule has 0 fully saturated rings. The molecule has 0 unspecified atom stereocenters. The third-order valence-corrected chi connectivity index (χ3v) is 1.86. The zero-order valence-electron chi connectivity index (χ0n) is 6.03. The molecule has 1 atom stereocenters. The Morgan fingerprint density at radius 1 is 1.31 bits per heavy atom. The van der Waals surface area contributed by atoms with E-state index in [2.05, 4.69) is 0 Å². The molecule has 0 saturated heterocycles. The normalized spacial score (nSPS) is 24.1. The zero-order valence-corrected chi connectivity index (χ0v) is 6.79. The number of Topliss-reactive ketones (excluding diaryl/α,β-unsaturated/α-hetero) is 1. The van der Waals surface area contributed by atoms with Crippen molar-refractivity contribution in [3.8, 4) is 0 Å². The van der Waals surface area contributed by atoms with Crippen molar-refractivity contribution in [2.45, 2.75) is 11.6 Å². The highest BCUT2D eigenvalue weighted by Gasteiger charge is 2.42. The van der Waals surface area contributed by atoms with Gasteiger partial charge in [0.2, 0.25) is 0 Å². The maximum atomic E-state index is 12.5. The fraction of sp³-hybridized carbons (Fsp3) is 0.286. The van der Waals surface area contributed by atoms with Crippen molar-refractivity contribution in [3.63, 3.8) is 0 Å². The van der Waals surface area contributed by atoms with Gasteiger partial charge in [-0.3, -0.25) is 4.79 Å². The Kier molecular flexibility index (Phi) is 2.47. The van der Waals surface area contributed by atoms with E-state index in [-0.39, 0.29) is 0 Å². The Morgan fingerprint density at radius 2 is 1.85 bits per heavy atom. The Bertz CT molecular complexity index is 302. The fourth-order valence-corrected chi connectivity index (χ4v) is 1.02. The molecule has 1 aliphatic rings. The lowest BCUT2D eigenvalue weighted by atomic mass is 10.0. The lowest BCUT2D eigenvalue weighted by Gasteiger charge is -2.15. The Morgan fingerprint density at radius 3 is 2.31 bits per heavy atom. The molecule has 1 aliphatic carbocycles. The Hall–Kier alpha value is -0.840. The van der Waals surface area contributed by atoms with E-state index in [9.17, 15) is 22.4 Å². The van der Waals surface area contributed by atoms with Gasteiger partial charge in [0.1, 0.15) is 16.8 Å². The van der Waals surface area contributed by atoms with Crippen molar-refractivity contribution < 1.29 is 22.4 Å². The predicted octanol–water partition coefficient (Wildman–Crippen LogP) is 2.52. The van der Waals surface area contributed by atoms with Crippen LogP contribution in [0.3, 0.4) is 0 Å². The van der Waals surface area contributed by atoms with Gasteiger partial charge in [-0.05, 0) is 12.2 Å². The lowest BCUT2D eigenvalue weighted by Crippen LogP contribution is -2.29. The molecule has 0 radical (unpaired) electrons. The number of hydrogen-bond donors (Lipinski definition) is 0. The minimum atomic E-state index is -4.78. The van der Waals surface area contributed by atoms with E-state index in [0.717, 1.165) is 0 Å². The maximum Gasteiger partial charge on any atom is 0.419 e. The van der Waals surface area contributed by atoms with E-state index in [4.69, 9.17) is 11.6 Å². The second-order valence-corrected chi connectivity index (χ2v) is 2.79. The number of rotatable bonds is 0. The molecule has 13 heavy (non-hydrogen) atoms. The van der Waals surface area contributed by atoms with Gasteiger partial charge in [0, 0.05) is 0 Å². The summed E-state index contributed by atoms with van der Waals surface area (Å²) < 4.78 is 48.5. The largest absolute Gasteiger partial charge is 0.419 e. The van der Waals surface area contributed by atoms with E-state index in [1.165, 1.54) is 0 Å². The molecule has 0 N–H and O–H groups in total. The topological polar surface area (TPSA) is 17.1 Å². The molecule has 0 spiro atoms. The highest BCUT2D eigenvalue weighted by atomic mass is 35.5. The van der Waals surface area contributed by atoms with E-state index >= 15 is 0 Å². The highest BCUT2D eigenvalue weighted by molar-refractivity contribution is 6.36. The first kappa shape index (κ1) is 10.2. The van der Waals surface area contributed by atoms with E-state index in [1.807, 2.05) is 0 Å². The van der Waals surface area contributed by atoms with Gasteiger partial charge < -0.3 is 0 Å². The van der Waals surface area contributed by atoms with Crippen LogP contribution in [0.2, 0.25) is 0 Å². The SMILES string of the molecule is O=C1C(C(F)(F)F)=CC=C(F)[C@@H]1Cl. The van der Waals surface area contributed by atoms with Crippen molar-refractivity contribution in [1.29, 1.82) is 0 Å². The second-order valence-electron chi connectivity index (χ2n) is 2.36. The summed E-state index contributed by atoms with van der Waals surface area (Å²) in [6.07, 6.45) is -3.85. The molecule has 0 aromatic rings. The van der Waals surface area contributed by atoms with Gasteiger partial charge in [-0.25, -0.2) is 4.39 Å². The molecule has 0 aromatic heterocycles. The maximum absolute atomic E-state index is 12.5. The van der Waals surface area contributed by atoms with Crippen molar-refractivity contribution in [3.05, 3.63) is 23.6 Å². The molecule has 1 nitrogen and oxygen atoms in total. The average Bonchev–Trinajstić information content (AvgIpc) is 1.98. The third-order valence-electron chi connectivity index (χ3n) is 1.45.